The van der Waals surface area contributed by atoms with Crippen LogP contribution < -0.4 is 4.74 Å². The van der Waals surface area contributed by atoms with Gasteiger partial charge in [0.05, 0.1) is 12.2 Å². The average molecular weight is 218 g/mol. The number of benzene rings is 1. The molecule has 1 saturated heterocycles. The van der Waals surface area contributed by atoms with Crippen molar-refractivity contribution in [1.29, 1.82) is 0 Å². The molecule has 16 heavy (non-hydrogen) atoms. The van der Waals surface area contributed by atoms with Gasteiger partial charge in [-0.05, 0) is 12.1 Å². The lowest BCUT2D eigenvalue weighted by molar-refractivity contribution is 0.263. The number of nitrogens with zero attached hydrogens (tertiary/aromatic N) is 2. The molecule has 5 heteroatoms. The summed E-state index contributed by atoms with van der Waals surface area (Å²) in [6, 6.07) is 7.57. The number of para-hydroxylation sites is 1. The van der Waals surface area contributed by atoms with Crippen molar-refractivity contribution in [2.75, 3.05) is 13.2 Å². The monoisotopic (exact) mass is 218 g/mol. The molecule has 0 radical (unpaired) electrons. The smallest absolute Gasteiger partial charge is 0.251 e. The Kier molecular flexibility index (Phi) is 2.30. The van der Waals surface area contributed by atoms with Gasteiger partial charge in [-0.15, -0.1) is 10.2 Å². The molecule has 1 aliphatic heterocycles. The minimum atomic E-state index is 0.232. The lowest BCUT2D eigenvalue weighted by atomic mass is 10.2. The van der Waals surface area contributed by atoms with Crippen LogP contribution >= 0.6 is 0 Å². The van der Waals surface area contributed by atoms with Crippen LogP contribution in [-0.2, 0) is 4.74 Å². The molecule has 5 nitrogen and oxygen atoms in total. The minimum Gasteiger partial charge on any atom is -0.490 e. The molecule has 1 atom stereocenters. The summed E-state index contributed by atoms with van der Waals surface area (Å²) in [5, 5.41) is 7.51. The Balaban J connectivity index is 1.85. The molecule has 0 bridgehead atoms. The SMILES string of the molecule is c1ccc(-c2nnco2)c(OC[C@@H]2CO2)c1. The van der Waals surface area contributed by atoms with Gasteiger partial charge < -0.3 is 13.9 Å². The summed E-state index contributed by atoms with van der Waals surface area (Å²) < 4.78 is 15.9. The third-order valence-electron chi connectivity index (χ3n) is 2.30. The van der Waals surface area contributed by atoms with Gasteiger partial charge in [-0.1, -0.05) is 12.1 Å². The summed E-state index contributed by atoms with van der Waals surface area (Å²) >= 11 is 0. The van der Waals surface area contributed by atoms with Gasteiger partial charge in [0.2, 0.25) is 6.39 Å². The summed E-state index contributed by atoms with van der Waals surface area (Å²) in [6.45, 7) is 1.34. The Bertz CT molecular complexity index is 466. The number of epoxide rings is 1. The van der Waals surface area contributed by atoms with E-state index in [1.807, 2.05) is 24.3 Å². The van der Waals surface area contributed by atoms with Gasteiger partial charge in [-0.25, -0.2) is 0 Å². The van der Waals surface area contributed by atoms with Crippen molar-refractivity contribution in [3.05, 3.63) is 30.7 Å². The quantitative estimate of drug-likeness (QED) is 0.728. The first-order chi connectivity index (χ1) is 7.93. The molecule has 3 rings (SSSR count). The Morgan fingerprint density at radius 3 is 3.00 bits per heavy atom. The lowest BCUT2D eigenvalue weighted by Crippen LogP contribution is -2.04. The third-order valence-corrected chi connectivity index (χ3v) is 2.30. The van der Waals surface area contributed by atoms with Gasteiger partial charge in [-0.2, -0.15) is 0 Å². The third kappa shape index (κ3) is 1.90. The highest BCUT2D eigenvalue weighted by molar-refractivity contribution is 5.61. The van der Waals surface area contributed by atoms with E-state index in [1.54, 1.807) is 0 Å². The van der Waals surface area contributed by atoms with Crippen LogP contribution in [-0.4, -0.2) is 29.5 Å². The van der Waals surface area contributed by atoms with Crippen LogP contribution in [0.2, 0.25) is 0 Å². The average Bonchev–Trinajstić information content (AvgIpc) is 3.00. The molecule has 0 saturated carbocycles. The zero-order valence-corrected chi connectivity index (χ0v) is 8.50. The van der Waals surface area contributed by atoms with Crippen molar-refractivity contribution in [2.45, 2.75) is 6.10 Å². The first-order valence-corrected chi connectivity index (χ1v) is 5.03. The summed E-state index contributed by atoms with van der Waals surface area (Å²) in [5.41, 5.74) is 0.806. The van der Waals surface area contributed by atoms with E-state index in [4.69, 9.17) is 13.9 Å². The molecule has 1 aromatic heterocycles. The van der Waals surface area contributed by atoms with Gasteiger partial charge in [0, 0.05) is 0 Å². The van der Waals surface area contributed by atoms with Crippen molar-refractivity contribution in [3.8, 4) is 17.2 Å². The largest absolute Gasteiger partial charge is 0.490 e. The second-order valence-electron chi connectivity index (χ2n) is 3.51. The summed E-state index contributed by atoms with van der Waals surface area (Å²) in [4.78, 5) is 0. The fourth-order valence-electron chi connectivity index (χ4n) is 1.41. The first kappa shape index (κ1) is 9.35. The highest BCUT2D eigenvalue weighted by atomic mass is 16.6. The van der Waals surface area contributed by atoms with Crippen LogP contribution in [0, 0.1) is 0 Å². The molecule has 1 aliphatic rings. The fourth-order valence-corrected chi connectivity index (χ4v) is 1.41. The molecule has 2 heterocycles. The number of hydrogen-bond donors (Lipinski definition) is 0. The van der Waals surface area contributed by atoms with Crippen molar-refractivity contribution < 1.29 is 13.9 Å². The molecular formula is C11H10N2O3. The Labute approximate surface area is 92.0 Å². The number of ether oxygens (including phenoxy) is 2. The number of hydrogen-bond acceptors (Lipinski definition) is 5. The molecule has 82 valence electrons. The second kappa shape index (κ2) is 3.94. The predicted octanol–water partition coefficient (Wildman–Crippen LogP) is 1.51. The molecular weight excluding hydrogens is 208 g/mol. The Hall–Kier alpha value is -1.88. The van der Waals surface area contributed by atoms with Gasteiger partial charge in [0.25, 0.3) is 5.89 Å². The molecule has 1 aromatic carbocycles. The highest BCUT2D eigenvalue weighted by Crippen LogP contribution is 2.28. The van der Waals surface area contributed by atoms with Crippen molar-refractivity contribution in [3.63, 3.8) is 0 Å². The maximum Gasteiger partial charge on any atom is 0.251 e. The molecule has 0 unspecified atom stereocenters. The standard InChI is InChI=1S/C11H10N2O3/c1-2-4-10(15-6-8-5-14-8)9(3-1)11-13-12-7-16-11/h1-4,7-8H,5-6H2/t8-/m0/s1. The van der Waals surface area contributed by atoms with E-state index in [0.29, 0.717) is 12.5 Å². The van der Waals surface area contributed by atoms with E-state index in [2.05, 4.69) is 10.2 Å². The van der Waals surface area contributed by atoms with E-state index in [-0.39, 0.29) is 6.10 Å². The molecule has 0 aliphatic carbocycles. The summed E-state index contributed by atoms with van der Waals surface area (Å²) in [6.07, 6.45) is 1.53. The Morgan fingerprint density at radius 2 is 2.25 bits per heavy atom. The highest BCUT2D eigenvalue weighted by Gasteiger charge is 2.23. The molecule has 1 fully saturated rings. The van der Waals surface area contributed by atoms with E-state index in [1.165, 1.54) is 6.39 Å². The topological polar surface area (TPSA) is 60.7 Å². The summed E-state index contributed by atoms with van der Waals surface area (Å²) in [7, 11) is 0. The van der Waals surface area contributed by atoms with Crippen molar-refractivity contribution in [1.82, 2.24) is 10.2 Å². The molecule has 2 aromatic rings. The minimum absolute atomic E-state index is 0.232. The van der Waals surface area contributed by atoms with Crippen LogP contribution in [0.3, 0.4) is 0 Å². The van der Waals surface area contributed by atoms with Gasteiger partial charge in [-0.3, -0.25) is 0 Å². The number of rotatable bonds is 4. The second-order valence-corrected chi connectivity index (χ2v) is 3.51. The zero-order valence-electron chi connectivity index (χ0n) is 8.50. The van der Waals surface area contributed by atoms with Crippen LogP contribution in [0.1, 0.15) is 0 Å². The van der Waals surface area contributed by atoms with Crippen LogP contribution in [0.4, 0.5) is 0 Å². The van der Waals surface area contributed by atoms with E-state index >= 15 is 0 Å². The van der Waals surface area contributed by atoms with Gasteiger partial charge >= 0.3 is 0 Å². The zero-order chi connectivity index (χ0) is 10.8. The lowest BCUT2D eigenvalue weighted by Gasteiger charge is -2.07. The summed E-state index contributed by atoms with van der Waals surface area (Å²) in [5.74, 6) is 1.20. The first-order valence-electron chi connectivity index (χ1n) is 5.03. The van der Waals surface area contributed by atoms with E-state index in [0.717, 1.165) is 17.9 Å². The normalized spacial score (nSPS) is 18.4. The Morgan fingerprint density at radius 1 is 1.38 bits per heavy atom. The van der Waals surface area contributed by atoms with E-state index < -0.39 is 0 Å². The van der Waals surface area contributed by atoms with Crippen molar-refractivity contribution >= 4 is 0 Å². The molecule has 0 N–H and O–H groups in total. The van der Waals surface area contributed by atoms with Gasteiger partial charge in [0.1, 0.15) is 18.5 Å². The number of aromatic nitrogens is 2. The van der Waals surface area contributed by atoms with Crippen LogP contribution in [0.15, 0.2) is 35.1 Å². The van der Waals surface area contributed by atoms with Crippen molar-refractivity contribution in [2.24, 2.45) is 0 Å². The predicted molar refractivity (Wildman–Crippen MR) is 55.0 cm³/mol. The maximum atomic E-state index is 5.63. The molecule has 0 amide bonds. The maximum absolute atomic E-state index is 5.63. The molecule has 0 spiro atoms. The van der Waals surface area contributed by atoms with Gasteiger partial charge in [0.15, 0.2) is 0 Å². The van der Waals surface area contributed by atoms with Crippen LogP contribution in [0.25, 0.3) is 11.5 Å². The van der Waals surface area contributed by atoms with E-state index in [9.17, 15) is 0 Å². The fraction of sp³-hybridized carbons (Fsp3) is 0.273. The van der Waals surface area contributed by atoms with Crippen LogP contribution in [0.5, 0.6) is 5.75 Å².